The van der Waals surface area contributed by atoms with Crippen molar-refractivity contribution in [3.8, 4) is 0 Å². The van der Waals surface area contributed by atoms with E-state index in [1.165, 1.54) is 0 Å². The number of aliphatic hydroxyl groups is 1. The molecule has 0 fully saturated rings. The van der Waals surface area contributed by atoms with Crippen molar-refractivity contribution in [2.75, 3.05) is 7.05 Å². The van der Waals surface area contributed by atoms with Gasteiger partial charge in [-0.15, -0.1) is 0 Å². The smallest absolute Gasteiger partial charge is 0.305 e. The number of nitrogens with one attached hydrogen (secondary N) is 1. The molecule has 0 aliphatic heterocycles. The van der Waals surface area contributed by atoms with E-state index in [0.717, 1.165) is 0 Å². The molecular formula is C7H15NO3. The lowest BCUT2D eigenvalue weighted by molar-refractivity contribution is -0.139. The van der Waals surface area contributed by atoms with Crippen LogP contribution in [0, 0.1) is 0 Å². The van der Waals surface area contributed by atoms with Gasteiger partial charge in [-0.05, 0) is 20.9 Å². The fourth-order valence-electron chi connectivity index (χ4n) is 0.880. The van der Waals surface area contributed by atoms with Crippen LogP contribution in [0.5, 0.6) is 0 Å². The Hall–Kier alpha value is -0.610. The number of carboxylic acid groups (broad SMARTS) is 1. The molecule has 0 aliphatic rings. The van der Waals surface area contributed by atoms with Crippen molar-refractivity contribution >= 4 is 5.97 Å². The Morgan fingerprint density at radius 3 is 2.18 bits per heavy atom. The number of aliphatic carboxylic acids is 1. The summed E-state index contributed by atoms with van der Waals surface area (Å²) >= 11 is 0. The quantitative estimate of drug-likeness (QED) is 0.535. The van der Waals surface area contributed by atoms with Gasteiger partial charge in [0.25, 0.3) is 0 Å². The van der Waals surface area contributed by atoms with E-state index >= 15 is 0 Å². The van der Waals surface area contributed by atoms with Gasteiger partial charge in [0.05, 0.1) is 12.0 Å². The molecule has 0 saturated carbocycles. The molecule has 3 N–H and O–H groups in total. The lowest BCUT2D eigenvalue weighted by Gasteiger charge is -2.27. The van der Waals surface area contributed by atoms with E-state index in [0.29, 0.717) is 0 Å². The normalized spacial score (nSPS) is 14.5. The average molecular weight is 161 g/mol. The molecule has 0 radical (unpaired) electrons. The van der Waals surface area contributed by atoms with E-state index in [9.17, 15) is 9.90 Å². The average Bonchev–Trinajstić information content (AvgIpc) is 1.79. The Bertz CT molecular complexity index is 139. The summed E-state index contributed by atoms with van der Waals surface area (Å²) in [5.41, 5.74) is -0.993. The molecule has 0 bridgehead atoms. The number of rotatable bonds is 4. The Morgan fingerprint density at radius 2 is 2.09 bits per heavy atom. The zero-order valence-corrected chi connectivity index (χ0v) is 7.09. The molecule has 0 rings (SSSR count). The van der Waals surface area contributed by atoms with E-state index in [1.54, 1.807) is 20.9 Å². The molecule has 0 spiro atoms. The van der Waals surface area contributed by atoms with Gasteiger partial charge in [-0.3, -0.25) is 4.79 Å². The first-order chi connectivity index (χ1) is 4.88. The van der Waals surface area contributed by atoms with Crippen molar-refractivity contribution in [3.05, 3.63) is 0 Å². The van der Waals surface area contributed by atoms with Gasteiger partial charge in [-0.25, -0.2) is 0 Å². The zero-order chi connectivity index (χ0) is 9.07. The number of hydrogen-bond acceptors (Lipinski definition) is 3. The maximum atomic E-state index is 10.3. The molecule has 0 saturated heterocycles. The van der Waals surface area contributed by atoms with Gasteiger partial charge >= 0.3 is 5.97 Å². The largest absolute Gasteiger partial charge is 0.481 e. The molecule has 0 aromatic heterocycles. The van der Waals surface area contributed by atoms with Gasteiger partial charge in [0, 0.05) is 6.04 Å². The van der Waals surface area contributed by atoms with Crippen LogP contribution in [0.4, 0.5) is 0 Å². The van der Waals surface area contributed by atoms with E-state index in [-0.39, 0.29) is 6.42 Å². The van der Waals surface area contributed by atoms with Crippen molar-refractivity contribution in [2.24, 2.45) is 0 Å². The summed E-state index contributed by atoms with van der Waals surface area (Å²) in [4.78, 5) is 10.3. The first kappa shape index (κ1) is 10.4. The van der Waals surface area contributed by atoms with Gasteiger partial charge in [0.2, 0.25) is 0 Å². The third-order valence-electron chi connectivity index (χ3n) is 1.58. The molecule has 66 valence electrons. The highest BCUT2D eigenvalue weighted by Gasteiger charge is 2.26. The summed E-state index contributed by atoms with van der Waals surface area (Å²) in [5.74, 6) is -0.911. The minimum atomic E-state index is -0.993. The van der Waals surface area contributed by atoms with E-state index in [2.05, 4.69) is 5.32 Å². The standard InChI is InChI=1S/C7H15NO3/c1-7(2,11)5(8-3)4-6(9)10/h5,8,11H,4H2,1-3H3,(H,9,10). The molecule has 0 heterocycles. The predicted molar refractivity (Wildman–Crippen MR) is 41.4 cm³/mol. The first-order valence-corrected chi connectivity index (χ1v) is 3.49. The summed E-state index contributed by atoms with van der Waals surface area (Å²) in [7, 11) is 1.63. The lowest BCUT2D eigenvalue weighted by Crippen LogP contribution is -2.46. The summed E-state index contributed by atoms with van der Waals surface area (Å²) in [6.45, 7) is 3.16. The summed E-state index contributed by atoms with van der Waals surface area (Å²) < 4.78 is 0. The Morgan fingerprint density at radius 1 is 1.64 bits per heavy atom. The van der Waals surface area contributed by atoms with Crippen LogP contribution in [0.15, 0.2) is 0 Å². The maximum absolute atomic E-state index is 10.3. The van der Waals surface area contributed by atoms with Crippen LogP contribution >= 0.6 is 0 Å². The van der Waals surface area contributed by atoms with E-state index in [1.807, 2.05) is 0 Å². The summed E-state index contributed by atoms with van der Waals surface area (Å²) in [6, 6.07) is -0.403. The highest BCUT2D eigenvalue weighted by atomic mass is 16.4. The molecule has 0 aliphatic carbocycles. The van der Waals surface area contributed by atoms with Crippen LogP contribution in [0.1, 0.15) is 20.3 Å². The van der Waals surface area contributed by atoms with Crippen LogP contribution < -0.4 is 5.32 Å². The van der Waals surface area contributed by atoms with Crippen molar-refractivity contribution < 1.29 is 15.0 Å². The monoisotopic (exact) mass is 161 g/mol. The van der Waals surface area contributed by atoms with Crippen LogP contribution in [-0.4, -0.2) is 34.9 Å². The van der Waals surface area contributed by atoms with Crippen molar-refractivity contribution in [1.82, 2.24) is 5.32 Å². The predicted octanol–water partition coefficient (Wildman–Crippen LogP) is -0.180. The number of hydrogen-bond donors (Lipinski definition) is 3. The zero-order valence-electron chi connectivity index (χ0n) is 7.09. The molecule has 1 atom stereocenters. The van der Waals surface area contributed by atoms with Crippen LogP contribution in [0.2, 0.25) is 0 Å². The lowest BCUT2D eigenvalue weighted by atomic mass is 9.96. The van der Waals surface area contributed by atoms with Crippen LogP contribution in [0.25, 0.3) is 0 Å². The Balaban J connectivity index is 4.07. The number of carboxylic acids is 1. The summed E-state index contributed by atoms with van der Waals surface area (Å²) in [5, 5.41) is 20.6. The highest BCUT2D eigenvalue weighted by molar-refractivity contribution is 5.67. The second-order valence-electron chi connectivity index (χ2n) is 3.09. The molecule has 11 heavy (non-hydrogen) atoms. The fraction of sp³-hybridized carbons (Fsp3) is 0.857. The molecule has 0 aromatic carbocycles. The highest BCUT2D eigenvalue weighted by Crippen LogP contribution is 2.10. The van der Waals surface area contributed by atoms with Gasteiger partial charge in [-0.2, -0.15) is 0 Å². The number of likely N-dealkylation sites (N-methyl/N-ethyl adjacent to an activating group) is 1. The SMILES string of the molecule is CNC(CC(=O)O)C(C)(C)O. The van der Waals surface area contributed by atoms with Crippen LogP contribution in [-0.2, 0) is 4.79 Å². The van der Waals surface area contributed by atoms with Gasteiger partial charge in [-0.1, -0.05) is 0 Å². The maximum Gasteiger partial charge on any atom is 0.305 e. The topological polar surface area (TPSA) is 69.6 Å². The van der Waals surface area contributed by atoms with Gasteiger partial charge < -0.3 is 15.5 Å². The molecule has 0 amide bonds. The third kappa shape index (κ3) is 3.95. The first-order valence-electron chi connectivity index (χ1n) is 3.49. The van der Waals surface area contributed by atoms with Crippen molar-refractivity contribution in [2.45, 2.75) is 31.9 Å². The fourth-order valence-corrected chi connectivity index (χ4v) is 0.880. The van der Waals surface area contributed by atoms with Crippen molar-refractivity contribution in [1.29, 1.82) is 0 Å². The van der Waals surface area contributed by atoms with Gasteiger partial charge in [0.1, 0.15) is 0 Å². The third-order valence-corrected chi connectivity index (χ3v) is 1.58. The molecule has 4 heteroatoms. The Labute approximate surface area is 66.2 Å². The molecular weight excluding hydrogens is 146 g/mol. The minimum Gasteiger partial charge on any atom is -0.481 e. The Kier molecular flexibility index (Phi) is 3.48. The molecule has 4 nitrogen and oxygen atoms in total. The van der Waals surface area contributed by atoms with E-state index < -0.39 is 17.6 Å². The van der Waals surface area contributed by atoms with Gasteiger partial charge in [0.15, 0.2) is 0 Å². The second kappa shape index (κ2) is 3.69. The summed E-state index contributed by atoms with van der Waals surface area (Å²) in [6.07, 6.45) is -0.0694. The number of carbonyl (C=O) groups is 1. The minimum absolute atomic E-state index is 0.0694. The van der Waals surface area contributed by atoms with Crippen LogP contribution in [0.3, 0.4) is 0 Å². The molecule has 0 aromatic rings. The van der Waals surface area contributed by atoms with E-state index in [4.69, 9.17) is 5.11 Å². The van der Waals surface area contributed by atoms with Crippen molar-refractivity contribution in [3.63, 3.8) is 0 Å². The second-order valence-corrected chi connectivity index (χ2v) is 3.09. The molecule has 1 unspecified atom stereocenters.